The summed E-state index contributed by atoms with van der Waals surface area (Å²) in [5.41, 5.74) is 0.549. The minimum absolute atomic E-state index is 0.171. The van der Waals surface area contributed by atoms with Crippen LogP contribution in [0.5, 0.6) is 5.75 Å². The van der Waals surface area contributed by atoms with Crippen molar-refractivity contribution in [3.63, 3.8) is 0 Å². The van der Waals surface area contributed by atoms with Gasteiger partial charge >= 0.3 is 0 Å². The molecule has 0 fully saturated rings. The fourth-order valence-corrected chi connectivity index (χ4v) is 1.94. The summed E-state index contributed by atoms with van der Waals surface area (Å²) in [5.74, 6) is -0.135. The Hall–Kier alpha value is -1.20. The molecular weight excluding hydrogens is 251 g/mol. The van der Waals surface area contributed by atoms with Gasteiger partial charge in [-0.25, -0.2) is 4.39 Å². The lowest BCUT2D eigenvalue weighted by molar-refractivity contribution is 0.288. The van der Waals surface area contributed by atoms with Gasteiger partial charge < -0.3 is 4.74 Å². The van der Waals surface area contributed by atoms with E-state index in [0.29, 0.717) is 15.0 Å². The molecular formula is C10H8ClFN2OS. The number of rotatable bonds is 3. The van der Waals surface area contributed by atoms with Gasteiger partial charge in [-0.05, 0) is 30.2 Å². The molecule has 6 heteroatoms. The summed E-state index contributed by atoms with van der Waals surface area (Å²) in [5, 5.41) is 8.02. The maximum absolute atomic E-state index is 13.5. The Balaban J connectivity index is 2.07. The third-order valence-electron chi connectivity index (χ3n) is 1.95. The van der Waals surface area contributed by atoms with Gasteiger partial charge in [0.25, 0.3) is 0 Å². The molecule has 0 atom stereocenters. The SMILES string of the molecule is Cc1cccc(OCc2nnc(Cl)s2)c1F. The van der Waals surface area contributed by atoms with Gasteiger partial charge in [-0.2, -0.15) is 0 Å². The Kier molecular flexibility index (Phi) is 3.36. The van der Waals surface area contributed by atoms with E-state index in [4.69, 9.17) is 16.3 Å². The molecule has 2 aromatic rings. The smallest absolute Gasteiger partial charge is 0.207 e. The summed E-state index contributed by atoms with van der Waals surface area (Å²) >= 11 is 6.83. The Labute approximate surface area is 101 Å². The zero-order valence-corrected chi connectivity index (χ0v) is 9.98. The molecule has 1 aromatic heterocycles. The normalized spacial score (nSPS) is 10.4. The van der Waals surface area contributed by atoms with E-state index in [-0.39, 0.29) is 18.2 Å². The molecule has 0 saturated heterocycles. The van der Waals surface area contributed by atoms with E-state index in [1.807, 2.05) is 0 Å². The number of benzene rings is 1. The Morgan fingerprint density at radius 3 is 2.94 bits per heavy atom. The van der Waals surface area contributed by atoms with Gasteiger partial charge in [0.05, 0.1) is 0 Å². The van der Waals surface area contributed by atoms with Crippen LogP contribution in [0.15, 0.2) is 18.2 Å². The van der Waals surface area contributed by atoms with Crippen molar-refractivity contribution in [3.05, 3.63) is 39.1 Å². The second-order valence-corrected chi connectivity index (χ2v) is 4.77. The predicted octanol–water partition coefficient (Wildman–Crippen LogP) is 3.22. The van der Waals surface area contributed by atoms with Crippen molar-refractivity contribution in [2.75, 3.05) is 0 Å². The summed E-state index contributed by atoms with van der Waals surface area (Å²) in [6, 6.07) is 5.00. The van der Waals surface area contributed by atoms with Crippen molar-refractivity contribution in [2.45, 2.75) is 13.5 Å². The van der Waals surface area contributed by atoms with Gasteiger partial charge in [0.15, 0.2) is 16.6 Å². The summed E-state index contributed by atoms with van der Waals surface area (Å²) < 4.78 is 19.2. The maximum Gasteiger partial charge on any atom is 0.207 e. The van der Waals surface area contributed by atoms with Gasteiger partial charge in [-0.1, -0.05) is 23.5 Å². The Morgan fingerprint density at radius 1 is 1.44 bits per heavy atom. The largest absolute Gasteiger partial charge is 0.483 e. The van der Waals surface area contributed by atoms with Crippen LogP contribution in [-0.4, -0.2) is 10.2 Å². The van der Waals surface area contributed by atoms with Crippen molar-refractivity contribution in [1.82, 2.24) is 10.2 Å². The van der Waals surface area contributed by atoms with E-state index in [0.717, 1.165) is 0 Å². The van der Waals surface area contributed by atoms with Crippen LogP contribution < -0.4 is 4.74 Å². The van der Waals surface area contributed by atoms with Crippen LogP contribution in [-0.2, 0) is 6.61 Å². The molecule has 0 bridgehead atoms. The van der Waals surface area contributed by atoms with E-state index >= 15 is 0 Å². The number of hydrogen-bond acceptors (Lipinski definition) is 4. The third-order valence-corrected chi connectivity index (χ3v) is 2.94. The average Bonchev–Trinajstić information content (AvgIpc) is 2.67. The molecule has 0 saturated carbocycles. The monoisotopic (exact) mass is 258 g/mol. The second-order valence-electron chi connectivity index (χ2n) is 3.12. The van der Waals surface area contributed by atoms with Gasteiger partial charge in [0, 0.05) is 0 Å². The average molecular weight is 259 g/mol. The first-order valence-corrected chi connectivity index (χ1v) is 5.72. The van der Waals surface area contributed by atoms with E-state index in [1.54, 1.807) is 25.1 Å². The van der Waals surface area contributed by atoms with E-state index < -0.39 is 0 Å². The topological polar surface area (TPSA) is 35.0 Å². The number of aromatic nitrogens is 2. The number of hydrogen-bond donors (Lipinski definition) is 0. The molecule has 0 aliphatic rings. The van der Waals surface area contributed by atoms with Gasteiger partial charge in [-0.3, -0.25) is 0 Å². The molecule has 0 aliphatic carbocycles. The van der Waals surface area contributed by atoms with Crippen LogP contribution in [0.1, 0.15) is 10.6 Å². The number of aryl methyl sites for hydroxylation is 1. The van der Waals surface area contributed by atoms with Gasteiger partial charge in [0.1, 0.15) is 6.61 Å². The number of nitrogens with zero attached hydrogens (tertiary/aromatic N) is 2. The molecule has 16 heavy (non-hydrogen) atoms. The van der Waals surface area contributed by atoms with Crippen molar-refractivity contribution in [3.8, 4) is 5.75 Å². The fourth-order valence-electron chi connectivity index (χ4n) is 1.16. The van der Waals surface area contributed by atoms with Gasteiger partial charge in [0.2, 0.25) is 4.47 Å². The first-order chi connectivity index (χ1) is 7.66. The van der Waals surface area contributed by atoms with Crippen molar-refractivity contribution < 1.29 is 9.13 Å². The van der Waals surface area contributed by atoms with Crippen LogP contribution in [0.2, 0.25) is 4.47 Å². The Bertz CT molecular complexity index is 503. The standard InChI is InChI=1S/C10H8ClFN2OS/c1-6-3-2-4-7(9(6)12)15-5-8-13-14-10(11)16-8/h2-4H,5H2,1H3. The molecule has 0 radical (unpaired) electrons. The molecule has 1 heterocycles. The second kappa shape index (κ2) is 4.76. The van der Waals surface area contributed by atoms with Crippen LogP contribution in [0, 0.1) is 12.7 Å². The molecule has 0 spiro atoms. The first kappa shape index (κ1) is 11.3. The molecule has 0 aliphatic heterocycles. The Morgan fingerprint density at radius 2 is 2.25 bits per heavy atom. The number of ether oxygens (including phenoxy) is 1. The van der Waals surface area contributed by atoms with Crippen molar-refractivity contribution in [1.29, 1.82) is 0 Å². The highest BCUT2D eigenvalue weighted by Crippen LogP contribution is 2.22. The van der Waals surface area contributed by atoms with E-state index in [1.165, 1.54) is 11.3 Å². The lowest BCUT2D eigenvalue weighted by Crippen LogP contribution is -1.98. The van der Waals surface area contributed by atoms with Crippen LogP contribution in [0.4, 0.5) is 4.39 Å². The van der Waals surface area contributed by atoms with Crippen molar-refractivity contribution >= 4 is 22.9 Å². The summed E-state index contributed by atoms with van der Waals surface area (Å²) in [6.45, 7) is 1.86. The minimum atomic E-state index is -0.349. The summed E-state index contributed by atoms with van der Waals surface area (Å²) in [4.78, 5) is 0. The zero-order valence-electron chi connectivity index (χ0n) is 8.41. The quantitative estimate of drug-likeness (QED) is 0.848. The molecule has 0 amide bonds. The minimum Gasteiger partial charge on any atom is -0.483 e. The third kappa shape index (κ3) is 2.48. The lowest BCUT2D eigenvalue weighted by Gasteiger charge is -2.06. The zero-order chi connectivity index (χ0) is 11.5. The van der Waals surface area contributed by atoms with Crippen LogP contribution in [0.25, 0.3) is 0 Å². The molecule has 0 N–H and O–H groups in total. The van der Waals surface area contributed by atoms with E-state index in [2.05, 4.69) is 10.2 Å². The van der Waals surface area contributed by atoms with Crippen LogP contribution in [0.3, 0.4) is 0 Å². The fraction of sp³-hybridized carbons (Fsp3) is 0.200. The first-order valence-electron chi connectivity index (χ1n) is 4.52. The van der Waals surface area contributed by atoms with E-state index in [9.17, 15) is 4.39 Å². The number of halogens is 2. The summed E-state index contributed by atoms with van der Waals surface area (Å²) in [7, 11) is 0. The maximum atomic E-state index is 13.5. The predicted molar refractivity (Wildman–Crippen MR) is 60.4 cm³/mol. The molecule has 2 rings (SSSR count). The molecule has 84 valence electrons. The molecule has 1 aromatic carbocycles. The van der Waals surface area contributed by atoms with Crippen molar-refractivity contribution in [2.24, 2.45) is 0 Å². The van der Waals surface area contributed by atoms with Crippen LogP contribution >= 0.6 is 22.9 Å². The highest BCUT2D eigenvalue weighted by molar-refractivity contribution is 7.15. The summed E-state index contributed by atoms with van der Waals surface area (Å²) in [6.07, 6.45) is 0. The molecule has 0 unspecified atom stereocenters. The highest BCUT2D eigenvalue weighted by Gasteiger charge is 2.07. The lowest BCUT2D eigenvalue weighted by atomic mass is 10.2. The van der Waals surface area contributed by atoms with Gasteiger partial charge in [-0.15, -0.1) is 10.2 Å². The molecule has 3 nitrogen and oxygen atoms in total. The highest BCUT2D eigenvalue weighted by atomic mass is 35.5.